The molecule has 0 fully saturated rings. The fourth-order valence-electron chi connectivity index (χ4n) is 2.52. The largest absolute Gasteiger partial charge is 0.337 e. The number of benzene rings is 1. The fourth-order valence-corrected chi connectivity index (χ4v) is 3.71. The van der Waals surface area contributed by atoms with E-state index in [0.29, 0.717) is 0 Å². The zero-order valence-electron chi connectivity index (χ0n) is 9.36. The van der Waals surface area contributed by atoms with Crippen molar-refractivity contribution in [2.24, 2.45) is 0 Å². The van der Waals surface area contributed by atoms with Crippen molar-refractivity contribution in [2.45, 2.75) is 19.3 Å². The minimum atomic E-state index is 1.02. The van der Waals surface area contributed by atoms with Crippen LogP contribution in [0.3, 0.4) is 0 Å². The van der Waals surface area contributed by atoms with E-state index in [0.717, 1.165) is 16.9 Å². The van der Waals surface area contributed by atoms with Crippen LogP contribution in [0, 0.1) is 0 Å². The van der Waals surface area contributed by atoms with Crippen molar-refractivity contribution < 1.29 is 0 Å². The van der Waals surface area contributed by atoms with Crippen LogP contribution in [0.4, 0.5) is 0 Å². The molecule has 1 aliphatic carbocycles. The monoisotopic (exact) mass is 240 g/mol. The summed E-state index contributed by atoms with van der Waals surface area (Å²) >= 11 is 1.90. The van der Waals surface area contributed by atoms with Crippen molar-refractivity contribution in [1.82, 2.24) is 9.97 Å². The van der Waals surface area contributed by atoms with Gasteiger partial charge in [0, 0.05) is 4.88 Å². The van der Waals surface area contributed by atoms with Crippen LogP contribution in [0.1, 0.15) is 16.9 Å². The number of nitrogens with zero attached hydrogens (tertiary/aromatic N) is 1. The van der Waals surface area contributed by atoms with Gasteiger partial charge in [0.05, 0.1) is 15.9 Å². The van der Waals surface area contributed by atoms with Crippen LogP contribution < -0.4 is 0 Å². The van der Waals surface area contributed by atoms with E-state index in [-0.39, 0.29) is 0 Å². The highest BCUT2D eigenvalue weighted by atomic mass is 32.1. The Kier molecular flexibility index (Phi) is 1.91. The van der Waals surface area contributed by atoms with Gasteiger partial charge in [-0.25, -0.2) is 4.98 Å². The number of aromatic nitrogens is 2. The van der Waals surface area contributed by atoms with Crippen LogP contribution in [0.5, 0.6) is 0 Å². The van der Waals surface area contributed by atoms with Gasteiger partial charge in [-0.2, -0.15) is 0 Å². The number of fused-ring (bicyclic) bond motifs is 2. The van der Waals surface area contributed by atoms with E-state index < -0.39 is 0 Å². The van der Waals surface area contributed by atoms with Gasteiger partial charge in [-0.1, -0.05) is 12.1 Å². The Bertz CT molecular complexity index is 639. The molecule has 3 aromatic rings. The molecule has 0 bridgehead atoms. The molecule has 0 spiro atoms. The first-order valence-corrected chi connectivity index (χ1v) is 6.78. The third-order valence-corrected chi connectivity index (χ3v) is 4.61. The van der Waals surface area contributed by atoms with Gasteiger partial charge < -0.3 is 4.98 Å². The van der Waals surface area contributed by atoms with E-state index in [1.165, 1.54) is 29.7 Å². The molecule has 1 aliphatic rings. The number of aromatic amines is 1. The quantitative estimate of drug-likeness (QED) is 0.689. The van der Waals surface area contributed by atoms with Gasteiger partial charge in [-0.15, -0.1) is 11.3 Å². The first-order chi connectivity index (χ1) is 8.40. The summed E-state index contributed by atoms with van der Waals surface area (Å²) in [5.74, 6) is 1.02. The molecule has 84 valence electrons. The summed E-state index contributed by atoms with van der Waals surface area (Å²) in [6, 6.07) is 10.5. The Hall–Kier alpha value is -1.61. The van der Waals surface area contributed by atoms with Crippen molar-refractivity contribution in [3.8, 4) is 10.7 Å². The van der Waals surface area contributed by atoms with Crippen LogP contribution in [0.25, 0.3) is 21.7 Å². The highest BCUT2D eigenvalue weighted by molar-refractivity contribution is 7.15. The number of nitrogens with one attached hydrogen (secondary N) is 1. The van der Waals surface area contributed by atoms with E-state index in [1.54, 1.807) is 4.88 Å². The summed E-state index contributed by atoms with van der Waals surface area (Å²) in [6.45, 7) is 0. The van der Waals surface area contributed by atoms with Gasteiger partial charge in [-0.3, -0.25) is 0 Å². The molecule has 0 unspecified atom stereocenters. The summed E-state index contributed by atoms with van der Waals surface area (Å²) in [6.07, 6.45) is 3.81. The lowest BCUT2D eigenvalue weighted by Gasteiger charge is -1.89. The van der Waals surface area contributed by atoms with Crippen LogP contribution >= 0.6 is 11.3 Å². The Labute approximate surface area is 103 Å². The van der Waals surface area contributed by atoms with Crippen LogP contribution in [-0.2, 0) is 12.8 Å². The summed E-state index contributed by atoms with van der Waals surface area (Å²) in [5, 5.41) is 0. The highest BCUT2D eigenvalue weighted by Gasteiger charge is 2.17. The second-order valence-corrected chi connectivity index (χ2v) is 5.65. The van der Waals surface area contributed by atoms with Gasteiger partial charge in [0.1, 0.15) is 5.82 Å². The molecule has 0 aliphatic heterocycles. The topological polar surface area (TPSA) is 28.7 Å². The molecule has 0 saturated carbocycles. The van der Waals surface area contributed by atoms with Crippen molar-refractivity contribution in [2.75, 3.05) is 0 Å². The molecule has 17 heavy (non-hydrogen) atoms. The minimum Gasteiger partial charge on any atom is -0.337 e. The SMILES string of the molecule is c1ccc2[nH]c(-c3cc4c(s3)CCC4)nc2c1. The number of hydrogen-bond donors (Lipinski definition) is 1. The second kappa shape index (κ2) is 3.44. The lowest BCUT2D eigenvalue weighted by Crippen LogP contribution is -1.75. The molecule has 1 aromatic carbocycles. The van der Waals surface area contributed by atoms with E-state index >= 15 is 0 Å². The van der Waals surface area contributed by atoms with Crippen LogP contribution in [0.2, 0.25) is 0 Å². The van der Waals surface area contributed by atoms with E-state index in [1.807, 2.05) is 23.5 Å². The Balaban J connectivity index is 1.87. The molecule has 4 rings (SSSR count). The van der Waals surface area contributed by atoms with Gasteiger partial charge in [0.2, 0.25) is 0 Å². The normalized spacial score (nSPS) is 14.4. The molecule has 2 nitrogen and oxygen atoms in total. The van der Waals surface area contributed by atoms with E-state index in [9.17, 15) is 0 Å². The lowest BCUT2D eigenvalue weighted by molar-refractivity contribution is 0.915. The Morgan fingerprint density at radius 3 is 3.00 bits per heavy atom. The van der Waals surface area contributed by atoms with Crippen LogP contribution in [-0.4, -0.2) is 9.97 Å². The molecule has 3 heteroatoms. The van der Waals surface area contributed by atoms with E-state index in [2.05, 4.69) is 28.2 Å². The smallest absolute Gasteiger partial charge is 0.148 e. The summed E-state index contributed by atoms with van der Waals surface area (Å²) in [7, 11) is 0. The van der Waals surface area contributed by atoms with Crippen molar-refractivity contribution in [1.29, 1.82) is 0 Å². The van der Waals surface area contributed by atoms with Crippen molar-refractivity contribution in [3.05, 3.63) is 40.8 Å². The lowest BCUT2D eigenvalue weighted by atomic mass is 10.2. The summed E-state index contributed by atoms with van der Waals surface area (Å²) in [4.78, 5) is 10.9. The first-order valence-electron chi connectivity index (χ1n) is 5.97. The number of hydrogen-bond acceptors (Lipinski definition) is 2. The standard InChI is InChI=1S/C14H12N2S/c1-2-6-11-10(5-1)15-14(16-11)13-8-9-4-3-7-12(9)17-13/h1-2,5-6,8H,3-4,7H2,(H,15,16). The van der Waals surface area contributed by atoms with Gasteiger partial charge in [0.15, 0.2) is 0 Å². The third-order valence-electron chi connectivity index (χ3n) is 3.37. The Morgan fingerprint density at radius 2 is 2.12 bits per heavy atom. The molecule has 0 radical (unpaired) electrons. The van der Waals surface area contributed by atoms with Gasteiger partial charge in [0.25, 0.3) is 0 Å². The van der Waals surface area contributed by atoms with Crippen LogP contribution in [0.15, 0.2) is 30.3 Å². The number of thiophene rings is 1. The Morgan fingerprint density at radius 1 is 1.18 bits per heavy atom. The molecule has 2 aromatic heterocycles. The average Bonchev–Trinajstić information content (AvgIpc) is 3.01. The number of aryl methyl sites for hydroxylation is 2. The maximum absolute atomic E-state index is 4.65. The zero-order chi connectivity index (χ0) is 11.2. The summed E-state index contributed by atoms with van der Waals surface area (Å²) in [5.41, 5.74) is 3.71. The molecule has 0 atom stereocenters. The van der Waals surface area contributed by atoms with Crippen molar-refractivity contribution in [3.63, 3.8) is 0 Å². The molecule has 1 N–H and O–H groups in total. The minimum absolute atomic E-state index is 1.02. The van der Waals surface area contributed by atoms with Gasteiger partial charge >= 0.3 is 0 Å². The molecular formula is C14H12N2S. The third kappa shape index (κ3) is 1.42. The van der Waals surface area contributed by atoms with Crippen molar-refractivity contribution >= 4 is 22.4 Å². The zero-order valence-corrected chi connectivity index (χ0v) is 10.2. The second-order valence-electron chi connectivity index (χ2n) is 4.52. The number of para-hydroxylation sites is 2. The molecule has 0 saturated heterocycles. The number of H-pyrrole nitrogens is 1. The molecule has 2 heterocycles. The molecular weight excluding hydrogens is 228 g/mol. The average molecular weight is 240 g/mol. The molecule has 0 amide bonds. The predicted octanol–water partition coefficient (Wildman–Crippen LogP) is 3.78. The fraction of sp³-hybridized carbons (Fsp3) is 0.214. The maximum Gasteiger partial charge on any atom is 0.148 e. The highest BCUT2D eigenvalue weighted by Crippen LogP contribution is 2.35. The predicted molar refractivity (Wildman–Crippen MR) is 71.4 cm³/mol. The van der Waals surface area contributed by atoms with Gasteiger partial charge in [-0.05, 0) is 43.0 Å². The number of rotatable bonds is 1. The first kappa shape index (κ1) is 9.42. The maximum atomic E-state index is 4.65. The van der Waals surface area contributed by atoms with E-state index in [4.69, 9.17) is 0 Å². The number of imidazole rings is 1. The summed E-state index contributed by atoms with van der Waals surface area (Å²) < 4.78 is 0.